The van der Waals surface area contributed by atoms with Crippen molar-refractivity contribution < 1.29 is 14.2 Å². The van der Waals surface area contributed by atoms with Gasteiger partial charge in [-0.3, -0.25) is 0 Å². The van der Waals surface area contributed by atoms with Crippen LogP contribution in [0.3, 0.4) is 0 Å². The van der Waals surface area contributed by atoms with Crippen molar-refractivity contribution in [3.05, 3.63) is 34.6 Å². The lowest BCUT2D eigenvalue weighted by atomic mass is 9.75. The Morgan fingerprint density at radius 1 is 1.43 bits per heavy atom. The number of hydrogen-bond donors (Lipinski definition) is 1. The number of halogens is 2. The van der Waals surface area contributed by atoms with Gasteiger partial charge in [0.25, 0.3) is 0 Å². The predicted molar refractivity (Wildman–Crippen MR) is 83.1 cm³/mol. The summed E-state index contributed by atoms with van der Waals surface area (Å²) in [5.74, 6) is 0.292. The molecule has 1 atom stereocenters. The summed E-state index contributed by atoms with van der Waals surface area (Å²) >= 11 is 6.07. The molecule has 0 aromatic heterocycles. The highest BCUT2D eigenvalue weighted by atomic mass is 35.5. The van der Waals surface area contributed by atoms with E-state index in [0.717, 1.165) is 25.7 Å². The van der Waals surface area contributed by atoms with E-state index in [4.69, 9.17) is 16.3 Å². The molecule has 1 saturated carbocycles. The lowest BCUT2D eigenvalue weighted by molar-refractivity contribution is -0.143. The highest BCUT2D eigenvalue weighted by Gasteiger charge is 2.41. The van der Waals surface area contributed by atoms with Crippen LogP contribution in [0.5, 0.6) is 0 Å². The third-order valence-corrected chi connectivity index (χ3v) is 4.97. The molecule has 2 nitrogen and oxygen atoms in total. The molecular formula is C17H24ClFO2. The highest BCUT2D eigenvalue weighted by molar-refractivity contribution is 6.31. The Kier molecular flexibility index (Phi) is 5.64. The van der Waals surface area contributed by atoms with Crippen molar-refractivity contribution in [1.82, 2.24) is 0 Å². The third kappa shape index (κ3) is 3.77. The van der Waals surface area contributed by atoms with E-state index in [0.29, 0.717) is 23.1 Å². The van der Waals surface area contributed by atoms with Gasteiger partial charge in [0, 0.05) is 23.6 Å². The van der Waals surface area contributed by atoms with Crippen LogP contribution in [0.2, 0.25) is 5.02 Å². The fourth-order valence-electron chi connectivity index (χ4n) is 3.22. The summed E-state index contributed by atoms with van der Waals surface area (Å²) in [6.45, 7) is 4.70. The van der Waals surface area contributed by atoms with E-state index >= 15 is 0 Å². The van der Waals surface area contributed by atoms with E-state index in [2.05, 4.69) is 6.92 Å². The Morgan fingerprint density at radius 3 is 2.67 bits per heavy atom. The summed E-state index contributed by atoms with van der Waals surface area (Å²) in [6.07, 6.45) is 3.15. The number of ether oxygens (including phenoxy) is 1. The second-order valence-electron chi connectivity index (χ2n) is 6.10. The first-order valence-electron chi connectivity index (χ1n) is 7.73. The zero-order valence-electron chi connectivity index (χ0n) is 12.7. The quantitative estimate of drug-likeness (QED) is 0.874. The van der Waals surface area contributed by atoms with Gasteiger partial charge in [0.05, 0.1) is 11.7 Å². The van der Waals surface area contributed by atoms with Gasteiger partial charge in [-0.2, -0.15) is 0 Å². The lowest BCUT2D eigenvalue weighted by Gasteiger charge is -2.42. The molecule has 0 bridgehead atoms. The molecule has 1 aromatic rings. The fraction of sp³-hybridized carbons (Fsp3) is 0.647. The zero-order chi connectivity index (χ0) is 15.5. The molecule has 0 heterocycles. The first-order chi connectivity index (χ1) is 9.98. The molecule has 118 valence electrons. The van der Waals surface area contributed by atoms with Crippen LogP contribution in [0.15, 0.2) is 18.2 Å². The summed E-state index contributed by atoms with van der Waals surface area (Å²) in [5.41, 5.74) is -0.184. The average molecular weight is 315 g/mol. The summed E-state index contributed by atoms with van der Waals surface area (Å²) in [6, 6.07) is 4.61. The topological polar surface area (TPSA) is 29.5 Å². The second-order valence-corrected chi connectivity index (χ2v) is 6.51. The molecule has 1 N–H and O–H groups in total. The normalized spacial score (nSPS) is 27.6. The SMILES string of the molecule is CCOC1(C(O)Cc2c(F)cccc2Cl)CCC(C)CC1. The van der Waals surface area contributed by atoms with Gasteiger partial charge in [-0.25, -0.2) is 4.39 Å². The van der Waals surface area contributed by atoms with E-state index in [1.54, 1.807) is 12.1 Å². The van der Waals surface area contributed by atoms with Crippen LogP contribution in [-0.2, 0) is 11.2 Å². The molecule has 0 amide bonds. The molecule has 1 aliphatic carbocycles. The number of hydrogen-bond acceptors (Lipinski definition) is 2. The Labute approximate surface area is 131 Å². The van der Waals surface area contributed by atoms with E-state index in [-0.39, 0.29) is 12.2 Å². The van der Waals surface area contributed by atoms with Crippen LogP contribution in [0.1, 0.15) is 45.1 Å². The fourth-order valence-corrected chi connectivity index (χ4v) is 3.46. The van der Waals surface area contributed by atoms with Crippen LogP contribution < -0.4 is 0 Å². The smallest absolute Gasteiger partial charge is 0.127 e. The number of aliphatic hydroxyl groups is 1. The number of aliphatic hydroxyl groups excluding tert-OH is 1. The monoisotopic (exact) mass is 314 g/mol. The Hall–Kier alpha value is -0.640. The van der Waals surface area contributed by atoms with Gasteiger partial charge in [-0.05, 0) is 50.7 Å². The maximum absolute atomic E-state index is 13.9. The van der Waals surface area contributed by atoms with Crippen molar-refractivity contribution in [2.24, 2.45) is 5.92 Å². The molecule has 0 saturated heterocycles. The Balaban J connectivity index is 2.17. The lowest BCUT2D eigenvalue weighted by Crippen LogP contribution is -2.48. The van der Waals surface area contributed by atoms with Crippen LogP contribution in [-0.4, -0.2) is 23.4 Å². The van der Waals surface area contributed by atoms with Gasteiger partial charge >= 0.3 is 0 Å². The highest BCUT2D eigenvalue weighted by Crippen LogP contribution is 2.39. The first kappa shape index (κ1) is 16.7. The van der Waals surface area contributed by atoms with E-state index in [1.807, 2.05) is 6.92 Å². The molecule has 21 heavy (non-hydrogen) atoms. The van der Waals surface area contributed by atoms with Gasteiger partial charge in [-0.1, -0.05) is 24.6 Å². The Morgan fingerprint density at radius 2 is 2.10 bits per heavy atom. The van der Waals surface area contributed by atoms with Crippen molar-refractivity contribution in [3.63, 3.8) is 0 Å². The minimum absolute atomic E-state index is 0.194. The van der Waals surface area contributed by atoms with Gasteiger partial charge < -0.3 is 9.84 Å². The molecule has 0 radical (unpaired) electrons. The van der Waals surface area contributed by atoms with Gasteiger partial charge in [0.1, 0.15) is 5.82 Å². The average Bonchev–Trinajstić information content (AvgIpc) is 2.46. The zero-order valence-corrected chi connectivity index (χ0v) is 13.5. The molecular weight excluding hydrogens is 291 g/mol. The number of benzene rings is 1. The van der Waals surface area contributed by atoms with Crippen molar-refractivity contribution in [2.45, 2.75) is 57.7 Å². The van der Waals surface area contributed by atoms with Gasteiger partial charge in [0.2, 0.25) is 0 Å². The van der Waals surface area contributed by atoms with Crippen molar-refractivity contribution in [1.29, 1.82) is 0 Å². The third-order valence-electron chi connectivity index (χ3n) is 4.62. The second kappa shape index (κ2) is 7.08. The standard InChI is InChI=1S/C17H24ClFO2/c1-3-21-17(9-7-12(2)8-10-17)16(20)11-13-14(18)5-4-6-15(13)19/h4-6,12,16,20H,3,7-11H2,1-2H3. The van der Waals surface area contributed by atoms with Crippen molar-refractivity contribution in [2.75, 3.05) is 6.61 Å². The number of rotatable bonds is 5. The maximum Gasteiger partial charge on any atom is 0.127 e. The van der Waals surface area contributed by atoms with Crippen molar-refractivity contribution in [3.8, 4) is 0 Å². The molecule has 1 aromatic carbocycles. The summed E-state index contributed by atoms with van der Waals surface area (Å²) in [5, 5.41) is 11.1. The Bertz CT molecular complexity index is 450. The van der Waals surface area contributed by atoms with Crippen LogP contribution in [0, 0.1) is 11.7 Å². The molecule has 0 aliphatic heterocycles. The van der Waals surface area contributed by atoms with E-state index in [1.165, 1.54) is 6.07 Å². The van der Waals surface area contributed by atoms with Crippen LogP contribution >= 0.6 is 11.6 Å². The minimum Gasteiger partial charge on any atom is -0.390 e. The summed E-state index contributed by atoms with van der Waals surface area (Å²) in [7, 11) is 0. The molecule has 2 rings (SSSR count). The van der Waals surface area contributed by atoms with Crippen LogP contribution in [0.4, 0.5) is 4.39 Å². The van der Waals surface area contributed by atoms with Crippen LogP contribution in [0.25, 0.3) is 0 Å². The molecule has 4 heteroatoms. The largest absolute Gasteiger partial charge is 0.390 e. The molecule has 1 aliphatic rings. The van der Waals surface area contributed by atoms with E-state index < -0.39 is 11.7 Å². The van der Waals surface area contributed by atoms with Crippen molar-refractivity contribution >= 4 is 11.6 Å². The van der Waals surface area contributed by atoms with E-state index in [9.17, 15) is 9.50 Å². The van der Waals surface area contributed by atoms with Gasteiger partial charge in [-0.15, -0.1) is 0 Å². The summed E-state index contributed by atoms with van der Waals surface area (Å²) < 4.78 is 19.8. The minimum atomic E-state index is -0.737. The summed E-state index contributed by atoms with van der Waals surface area (Å²) in [4.78, 5) is 0. The predicted octanol–water partition coefficient (Wildman–Crippen LogP) is 4.37. The van der Waals surface area contributed by atoms with Gasteiger partial charge in [0.15, 0.2) is 0 Å². The molecule has 1 fully saturated rings. The molecule has 1 unspecified atom stereocenters. The first-order valence-corrected chi connectivity index (χ1v) is 8.11. The molecule has 0 spiro atoms. The maximum atomic E-state index is 13.9.